The summed E-state index contributed by atoms with van der Waals surface area (Å²) < 4.78 is 26.9. The zero-order valence-electron chi connectivity index (χ0n) is 14.5. The molecule has 3 N–H and O–H groups in total. The molecule has 0 bridgehead atoms. The lowest BCUT2D eigenvalue weighted by Gasteiger charge is -2.40. The van der Waals surface area contributed by atoms with Gasteiger partial charge in [-0.25, -0.2) is 13.6 Å². The molecule has 9 nitrogen and oxygen atoms in total. The number of hydrogen-bond acceptors (Lipinski definition) is 5. The molecule has 4 amide bonds. The van der Waals surface area contributed by atoms with E-state index >= 15 is 0 Å². The van der Waals surface area contributed by atoms with Crippen LogP contribution in [-0.2, 0) is 4.79 Å². The molecule has 0 radical (unpaired) electrons. The summed E-state index contributed by atoms with van der Waals surface area (Å²) in [7, 11) is 0. The molecular formula is C17H16F2N6O3. The van der Waals surface area contributed by atoms with Crippen LogP contribution in [0.4, 0.5) is 13.6 Å². The average Bonchev–Trinajstić information content (AvgIpc) is 3.17. The highest BCUT2D eigenvalue weighted by Gasteiger charge is 2.53. The van der Waals surface area contributed by atoms with Crippen LogP contribution in [0.25, 0.3) is 5.69 Å². The Morgan fingerprint density at radius 1 is 1.32 bits per heavy atom. The van der Waals surface area contributed by atoms with Crippen LogP contribution in [0.2, 0.25) is 0 Å². The molecule has 2 aromatic rings. The molecule has 1 unspecified atom stereocenters. The van der Waals surface area contributed by atoms with E-state index in [9.17, 15) is 23.2 Å². The number of amides is 4. The summed E-state index contributed by atoms with van der Waals surface area (Å²) in [5.74, 6) is -2.80. The summed E-state index contributed by atoms with van der Waals surface area (Å²) in [5, 5.41) is 15.1. The molecule has 2 aliphatic rings. The number of aromatic nitrogens is 3. The quantitative estimate of drug-likeness (QED) is 0.648. The van der Waals surface area contributed by atoms with Gasteiger partial charge in [0, 0.05) is 6.07 Å². The number of imide groups is 1. The minimum atomic E-state index is -1.19. The van der Waals surface area contributed by atoms with E-state index in [0.717, 1.165) is 42.4 Å². The maximum absolute atomic E-state index is 13.8. The molecule has 1 aliphatic carbocycles. The first-order valence-corrected chi connectivity index (χ1v) is 8.68. The molecule has 2 heterocycles. The van der Waals surface area contributed by atoms with E-state index in [2.05, 4.69) is 26.1 Å². The van der Waals surface area contributed by atoms with Crippen molar-refractivity contribution in [2.24, 2.45) is 5.92 Å². The number of carbonyl (C=O) groups is 3. The van der Waals surface area contributed by atoms with Crippen LogP contribution in [0.5, 0.6) is 0 Å². The van der Waals surface area contributed by atoms with Crippen molar-refractivity contribution in [3.05, 3.63) is 41.7 Å². The number of hydrogen-bond donors (Lipinski definition) is 3. The molecule has 1 aliphatic heterocycles. The van der Waals surface area contributed by atoms with Crippen LogP contribution in [-0.4, -0.2) is 44.9 Å². The summed E-state index contributed by atoms with van der Waals surface area (Å²) in [5.41, 5.74) is -1.42. The first-order valence-electron chi connectivity index (χ1n) is 8.68. The van der Waals surface area contributed by atoms with Gasteiger partial charge in [0.25, 0.3) is 11.8 Å². The van der Waals surface area contributed by atoms with Crippen LogP contribution in [0.15, 0.2) is 24.4 Å². The molecule has 1 aromatic carbocycles. The summed E-state index contributed by atoms with van der Waals surface area (Å²) in [4.78, 5) is 37.2. The van der Waals surface area contributed by atoms with Gasteiger partial charge in [0.15, 0.2) is 11.5 Å². The van der Waals surface area contributed by atoms with Crippen molar-refractivity contribution < 1.29 is 23.2 Å². The van der Waals surface area contributed by atoms with Crippen molar-refractivity contribution in [3.8, 4) is 5.69 Å². The normalized spacial score (nSPS) is 21.8. The third-order valence-electron chi connectivity index (χ3n) is 5.15. The molecule has 1 saturated carbocycles. The fraction of sp³-hybridized carbons (Fsp3) is 0.353. The van der Waals surface area contributed by atoms with E-state index in [4.69, 9.17) is 0 Å². The van der Waals surface area contributed by atoms with Crippen molar-refractivity contribution in [2.75, 3.05) is 6.54 Å². The summed E-state index contributed by atoms with van der Waals surface area (Å²) in [6.45, 7) is -0.105. The van der Waals surface area contributed by atoms with Crippen molar-refractivity contribution in [3.63, 3.8) is 0 Å². The Labute approximate surface area is 157 Å². The molecule has 11 heteroatoms. The van der Waals surface area contributed by atoms with Crippen molar-refractivity contribution in [1.29, 1.82) is 0 Å². The molecule has 4 rings (SSSR count). The maximum Gasteiger partial charge on any atom is 0.322 e. The molecule has 1 aromatic heterocycles. The first-order chi connectivity index (χ1) is 13.4. The number of nitrogens with one attached hydrogen (secondary N) is 3. The maximum atomic E-state index is 13.8. The SMILES string of the molecule is O=C1NC(=O)C(CNC(=O)c2cnn(-c3ccc(F)cc3F)n2)(C2CCC2)N1. The number of urea groups is 1. The number of benzene rings is 1. The van der Waals surface area contributed by atoms with Gasteiger partial charge in [-0.1, -0.05) is 6.42 Å². The fourth-order valence-corrected chi connectivity index (χ4v) is 3.40. The second-order valence-corrected chi connectivity index (χ2v) is 6.81. The fourth-order valence-electron chi connectivity index (χ4n) is 3.40. The van der Waals surface area contributed by atoms with Gasteiger partial charge in [-0.3, -0.25) is 14.9 Å². The Balaban J connectivity index is 1.49. The lowest BCUT2D eigenvalue weighted by atomic mass is 9.70. The Kier molecular flexibility index (Phi) is 4.28. The molecular weight excluding hydrogens is 374 g/mol. The Morgan fingerprint density at radius 2 is 2.11 bits per heavy atom. The zero-order valence-corrected chi connectivity index (χ0v) is 14.5. The standard InChI is InChI=1S/C17H16F2N6O3/c18-10-4-5-13(11(19)6-10)25-21-7-12(24-25)14(26)20-8-17(9-2-1-3-9)15(27)22-16(28)23-17/h4-7,9H,1-3,8H2,(H,20,26)(H2,22,23,27,28). The minimum absolute atomic E-state index is 0.0664. The van der Waals surface area contributed by atoms with E-state index in [0.29, 0.717) is 6.07 Å². The topological polar surface area (TPSA) is 118 Å². The number of rotatable bonds is 5. The highest BCUT2D eigenvalue weighted by molar-refractivity contribution is 6.08. The number of carbonyl (C=O) groups excluding carboxylic acids is 3. The highest BCUT2D eigenvalue weighted by atomic mass is 19.1. The monoisotopic (exact) mass is 390 g/mol. The molecule has 1 atom stereocenters. The van der Waals surface area contributed by atoms with Crippen LogP contribution < -0.4 is 16.0 Å². The molecule has 28 heavy (non-hydrogen) atoms. The van der Waals surface area contributed by atoms with Gasteiger partial charge >= 0.3 is 6.03 Å². The summed E-state index contributed by atoms with van der Waals surface area (Å²) in [6.07, 6.45) is 3.61. The van der Waals surface area contributed by atoms with Crippen LogP contribution in [0.1, 0.15) is 29.8 Å². The van der Waals surface area contributed by atoms with Gasteiger partial charge in [0.1, 0.15) is 17.0 Å². The third-order valence-corrected chi connectivity index (χ3v) is 5.15. The van der Waals surface area contributed by atoms with E-state index in [1.54, 1.807) is 0 Å². The van der Waals surface area contributed by atoms with Crippen LogP contribution in [0, 0.1) is 17.6 Å². The van der Waals surface area contributed by atoms with E-state index in [1.165, 1.54) is 0 Å². The van der Waals surface area contributed by atoms with Gasteiger partial charge in [-0.2, -0.15) is 5.10 Å². The van der Waals surface area contributed by atoms with Crippen LogP contribution in [0.3, 0.4) is 0 Å². The van der Waals surface area contributed by atoms with Gasteiger partial charge in [-0.15, -0.1) is 9.90 Å². The number of halogens is 2. The van der Waals surface area contributed by atoms with Crippen molar-refractivity contribution >= 4 is 17.8 Å². The van der Waals surface area contributed by atoms with Crippen molar-refractivity contribution in [2.45, 2.75) is 24.8 Å². The van der Waals surface area contributed by atoms with E-state index < -0.39 is 35.0 Å². The zero-order chi connectivity index (χ0) is 19.9. The Morgan fingerprint density at radius 3 is 2.71 bits per heavy atom. The van der Waals surface area contributed by atoms with Gasteiger partial charge in [0.2, 0.25) is 0 Å². The molecule has 1 saturated heterocycles. The lowest BCUT2D eigenvalue weighted by Crippen LogP contribution is -2.61. The smallest absolute Gasteiger partial charge is 0.322 e. The summed E-state index contributed by atoms with van der Waals surface area (Å²) >= 11 is 0. The molecule has 0 spiro atoms. The Bertz CT molecular complexity index is 974. The van der Waals surface area contributed by atoms with E-state index in [-0.39, 0.29) is 23.8 Å². The van der Waals surface area contributed by atoms with Crippen LogP contribution >= 0.6 is 0 Å². The van der Waals surface area contributed by atoms with Gasteiger partial charge in [0.05, 0.1) is 12.7 Å². The number of nitrogens with zero attached hydrogens (tertiary/aromatic N) is 3. The Hall–Kier alpha value is -3.37. The third kappa shape index (κ3) is 2.98. The molecule has 2 fully saturated rings. The predicted octanol–water partition coefficient (Wildman–Crippen LogP) is 0.654. The first kappa shape index (κ1) is 18.0. The average molecular weight is 390 g/mol. The second kappa shape index (κ2) is 6.66. The predicted molar refractivity (Wildman–Crippen MR) is 90.4 cm³/mol. The molecule has 146 valence electrons. The van der Waals surface area contributed by atoms with E-state index in [1.807, 2.05) is 0 Å². The minimum Gasteiger partial charge on any atom is -0.348 e. The summed E-state index contributed by atoms with van der Waals surface area (Å²) in [6, 6.07) is 2.29. The highest BCUT2D eigenvalue weighted by Crippen LogP contribution is 2.37. The van der Waals surface area contributed by atoms with Gasteiger partial charge in [-0.05, 0) is 30.9 Å². The van der Waals surface area contributed by atoms with Gasteiger partial charge < -0.3 is 10.6 Å². The second-order valence-electron chi connectivity index (χ2n) is 6.81. The van der Waals surface area contributed by atoms with Crippen molar-refractivity contribution in [1.82, 2.24) is 30.9 Å². The largest absolute Gasteiger partial charge is 0.348 e. The lowest BCUT2D eigenvalue weighted by molar-refractivity contribution is -0.126.